The third-order valence-electron chi connectivity index (χ3n) is 2.91. The van der Waals surface area contributed by atoms with Crippen molar-refractivity contribution in [2.24, 2.45) is 5.84 Å². The van der Waals surface area contributed by atoms with Gasteiger partial charge in [-0.3, -0.25) is 5.84 Å². The summed E-state index contributed by atoms with van der Waals surface area (Å²) in [5, 5.41) is 0. The Morgan fingerprint density at radius 1 is 1.41 bits per heavy atom. The molecular weight excluding hydrogens is 238 g/mol. The van der Waals surface area contributed by atoms with Crippen molar-refractivity contribution in [2.75, 3.05) is 12.5 Å². The normalized spacial score (nSPS) is 13.7. The Hall–Kier alpha value is -1.11. The molecule has 0 aromatic heterocycles. The van der Waals surface area contributed by atoms with Gasteiger partial charge in [-0.25, -0.2) is 8.42 Å². The number of para-hydroxylation sites is 1. The molecule has 1 rings (SSSR count). The zero-order valence-corrected chi connectivity index (χ0v) is 11.2. The van der Waals surface area contributed by atoms with Crippen LogP contribution in [0.5, 0.6) is 0 Å². The van der Waals surface area contributed by atoms with Gasteiger partial charge in [-0.2, -0.15) is 4.31 Å². The van der Waals surface area contributed by atoms with Gasteiger partial charge < -0.3 is 5.43 Å². The van der Waals surface area contributed by atoms with E-state index in [2.05, 4.69) is 5.43 Å². The third kappa shape index (κ3) is 2.77. The first-order valence-corrected chi connectivity index (χ1v) is 6.92. The molecule has 0 aliphatic rings. The number of anilines is 1. The van der Waals surface area contributed by atoms with E-state index in [0.29, 0.717) is 5.69 Å². The minimum atomic E-state index is -3.50. The molecule has 6 heteroatoms. The molecule has 17 heavy (non-hydrogen) atoms. The third-order valence-corrected chi connectivity index (χ3v) is 4.94. The molecule has 0 fully saturated rings. The van der Waals surface area contributed by atoms with Gasteiger partial charge in [0.25, 0.3) is 0 Å². The van der Waals surface area contributed by atoms with Crippen molar-refractivity contribution in [1.82, 2.24) is 4.31 Å². The first kappa shape index (κ1) is 14.0. The summed E-state index contributed by atoms with van der Waals surface area (Å²) in [4.78, 5) is 0.199. The van der Waals surface area contributed by atoms with Gasteiger partial charge >= 0.3 is 0 Å². The van der Waals surface area contributed by atoms with Crippen LogP contribution in [0.2, 0.25) is 0 Å². The fourth-order valence-corrected chi connectivity index (χ4v) is 3.05. The van der Waals surface area contributed by atoms with Gasteiger partial charge in [-0.1, -0.05) is 19.1 Å². The first-order chi connectivity index (χ1) is 7.95. The van der Waals surface area contributed by atoms with Gasteiger partial charge in [0.15, 0.2) is 0 Å². The van der Waals surface area contributed by atoms with Crippen molar-refractivity contribution in [3.63, 3.8) is 0 Å². The number of nitrogen functional groups attached to an aromatic ring is 1. The minimum absolute atomic E-state index is 0.0502. The van der Waals surface area contributed by atoms with Crippen LogP contribution in [0.15, 0.2) is 29.2 Å². The Labute approximate surface area is 103 Å². The van der Waals surface area contributed by atoms with Crippen molar-refractivity contribution in [3.8, 4) is 0 Å². The Balaban J connectivity index is 3.22. The van der Waals surface area contributed by atoms with E-state index in [-0.39, 0.29) is 10.9 Å². The highest BCUT2D eigenvalue weighted by Gasteiger charge is 2.26. The van der Waals surface area contributed by atoms with Crippen molar-refractivity contribution >= 4 is 15.7 Å². The zero-order valence-electron chi connectivity index (χ0n) is 10.3. The van der Waals surface area contributed by atoms with Gasteiger partial charge in [0.1, 0.15) is 4.90 Å². The van der Waals surface area contributed by atoms with E-state index in [4.69, 9.17) is 5.84 Å². The first-order valence-electron chi connectivity index (χ1n) is 5.48. The van der Waals surface area contributed by atoms with Crippen molar-refractivity contribution in [2.45, 2.75) is 31.2 Å². The SMILES string of the molecule is CCC(C)N(C)S(=O)(=O)c1ccccc1NN. The lowest BCUT2D eigenvalue weighted by atomic mass is 10.3. The highest BCUT2D eigenvalue weighted by molar-refractivity contribution is 7.89. The van der Waals surface area contributed by atoms with Crippen LogP contribution in [-0.2, 0) is 10.0 Å². The Bertz CT molecular complexity index is 473. The van der Waals surface area contributed by atoms with E-state index in [1.807, 2.05) is 13.8 Å². The molecule has 0 heterocycles. The van der Waals surface area contributed by atoms with E-state index >= 15 is 0 Å². The number of sulfonamides is 1. The molecule has 1 atom stereocenters. The van der Waals surface area contributed by atoms with Crippen LogP contribution >= 0.6 is 0 Å². The lowest BCUT2D eigenvalue weighted by molar-refractivity contribution is 0.381. The lowest BCUT2D eigenvalue weighted by Gasteiger charge is -2.24. The molecule has 0 spiro atoms. The monoisotopic (exact) mass is 257 g/mol. The molecule has 96 valence electrons. The smallest absolute Gasteiger partial charge is 0.245 e. The average Bonchev–Trinajstić information content (AvgIpc) is 2.36. The molecule has 1 aromatic rings. The zero-order chi connectivity index (χ0) is 13.1. The highest BCUT2D eigenvalue weighted by Crippen LogP contribution is 2.24. The number of hydrogen-bond donors (Lipinski definition) is 2. The van der Waals surface area contributed by atoms with E-state index < -0.39 is 10.0 Å². The average molecular weight is 257 g/mol. The number of benzene rings is 1. The topological polar surface area (TPSA) is 75.4 Å². The molecule has 0 aliphatic carbocycles. The van der Waals surface area contributed by atoms with E-state index in [1.54, 1.807) is 31.3 Å². The summed E-state index contributed by atoms with van der Waals surface area (Å²) in [5.74, 6) is 5.32. The maximum Gasteiger partial charge on any atom is 0.245 e. The molecule has 0 bridgehead atoms. The summed E-state index contributed by atoms with van der Waals surface area (Å²) in [6.07, 6.45) is 0.758. The number of nitrogens with one attached hydrogen (secondary N) is 1. The molecule has 5 nitrogen and oxygen atoms in total. The second kappa shape index (κ2) is 5.48. The number of nitrogens with zero attached hydrogens (tertiary/aromatic N) is 1. The Morgan fingerprint density at radius 3 is 2.53 bits per heavy atom. The van der Waals surface area contributed by atoms with Crippen LogP contribution in [0, 0.1) is 0 Å². The summed E-state index contributed by atoms with van der Waals surface area (Å²) in [5.41, 5.74) is 2.81. The number of rotatable bonds is 5. The van der Waals surface area contributed by atoms with Crippen molar-refractivity contribution in [1.29, 1.82) is 0 Å². The van der Waals surface area contributed by atoms with Crippen LogP contribution in [-0.4, -0.2) is 25.8 Å². The Kier molecular flexibility index (Phi) is 4.50. The molecular formula is C11H19N3O2S. The molecule has 1 unspecified atom stereocenters. The molecule has 1 aromatic carbocycles. The number of nitrogens with two attached hydrogens (primary N) is 1. The Morgan fingerprint density at radius 2 is 2.00 bits per heavy atom. The summed E-state index contributed by atoms with van der Waals surface area (Å²) in [6.45, 7) is 3.82. The summed E-state index contributed by atoms with van der Waals surface area (Å²) in [7, 11) is -1.92. The van der Waals surface area contributed by atoms with E-state index in [0.717, 1.165) is 6.42 Å². The predicted molar refractivity (Wildman–Crippen MR) is 69.0 cm³/mol. The summed E-state index contributed by atoms with van der Waals surface area (Å²) < 4.78 is 26.0. The second-order valence-corrected chi connectivity index (χ2v) is 5.88. The standard InChI is InChI=1S/C11H19N3O2S/c1-4-9(2)14(3)17(15,16)11-8-6-5-7-10(11)13-12/h5-9,13H,4,12H2,1-3H3. The van der Waals surface area contributed by atoms with Crippen LogP contribution < -0.4 is 11.3 Å². The highest BCUT2D eigenvalue weighted by atomic mass is 32.2. The molecule has 3 N–H and O–H groups in total. The van der Waals surface area contributed by atoms with E-state index in [1.165, 1.54) is 4.31 Å². The number of hydrazine groups is 1. The summed E-state index contributed by atoms with van der Waals surface area (Å²) in [6, 6.07) is 6.54. The van der Waals surface area contributed by atoms with Crippen LogP contribution in [0.4, 0.5) is 5.69 Å². The maximum atomic E-state index is 12.3. The fourth-order valence-electron chi connectivity index (χ4n) is 1.46. The molecule has 0 aliphatic heterocycles. The van der Waals surface area contributed by atoms with Gasteiger partial charge in [0, 0.05) is 13.1 Å². The largest absolute Gasteiger partial charge is 0.323 e. The fraction of sp³-hybridized carbons (Fsp3) is 0.455. The molecule has 0 saturated heterocycles. The van der Waals surface area contributed by atoms with Crippen LogP contribution in [0.3, 0.4) is 0 Å². The predicted octanol–water partition coefficient (Wildman–Crippen LogP) is 1.39. The second-order valence-electron chi connectivity index (χ2n) is 3.92. The quantitative estimate of drug-likeness (QED) is 0.617. The minimum Gasteiger partial charge on any atom is -0.323 e. The maximum absolute atomic E-state index is 12.3. The molecule has 0 saturated carbocycles. The van der Waals surface area contributed by atoms with Crippen LogP contribution in [0.1, 0.15) is 20.3 Å². The van der Waals surface area contributed by atoms with Crippen LogP contribution in [0.25, 0.3) is 0 Å². The molecule has 0 radical (unpaired) electrons. The number of hydrogen-bond acceptors (Lipinski definition) is 4. The van der Waals surface area contributed by atoms with Crippen molar-refractivity contribution in [3.05, 3.63) is 24.3 Å². The van der Waals surface area contributed by atoms with Gasteiger partial charge in [0.2, 0.25) is 10.0 Å². The van der Waals surface area contributed by atoms with Crippen molar-refractivity contribution < 1.29 is 8.42 Å². The van der Waals surface area contributed by atoms with Gasteiger partial charge in [-0.15, -0.1) is 0 Å². The van der Waals surface area contributed by atoms with Gasteiger partial charge in [-0.05, 0) is 25.5 Å². The summed E-state index contributed by atoms with van der Waals surface area (Å²) >= 11 is 0. The van der Waals surface area contributed by atoms with E-state index in [9.17, 15) is 8.42 Å². The van der Waals surface area contributed by atoms with Gasteiger partial charge in [0.05, 0.1) is 5.69 Å². The lowest BCUT2D eigenvalue weighted by Crippen LogP contribution is -2.35. The molecule has 0 amide bonds.